The molecule has 80 valence electrons. The van der Waals surface area contributed by atoms with Crippen molar-refractivity contribution in [3.8, 4) is 5.75 Å². The van der Waals surface area contributed by atoms with E-state index in [1.54, 1.807) is 0 Å². The van der Waals surface area contributed by atoms with Crippen LogP contribution in [0.1, 0.15) is 30.7 Å². The maximum Gasteiger partial charge on any atom is 0.123 e. The topological polar surface area (TPSA) is 18.5 Å². The molecule has 2 unspecified atom stereocenters. The van der Waals surface area contributed by atoms with Crippen LogP contribution in [0, 0.1) is 0 Å². The van der Waals surface area contributed by atoms with E-state index in [9.17, 15) is 0 Å². The molecule has 1 fully saturated rings. The highest BCUT2D eigenvalue weighted by Crippen LogP contribution is 2.38. The minimum absolute atomic E-state index is 0.377. The number of hydrogen-bond acceptors (Lipinski definition) is 2. The summed E-state index contributed by atoms with van der Waals surface area (Å²) < 4.78 is 11.5. The Labute approximate surface area is 90.2 Å². The third kappa shape index (κ3) is 1.63. The number of rotatable bonds is 1. The molecule has 0 bridgehead atoms. The first-order valence-electron chi connectivity index (χ1n) is 5.78. The van der Waals surface area contributed by atoms with Crippen LogP contribution >= 0.6 is 0 Å². The second kappa shape index (κ2) is 3.86. The van der Waals surface area contributed by atoms with Gasteiger partial charge in [-0.3, -0.25) is 0 Å². The molecule has 0 radical (unpaired) electrons. The normalized spacial score (nSPS) is 29.6. The van der Waals surface area contributed by atoms with Gasteiger partial charge < -0.3 is 9.47 Å². The van der Waals surface area contributed by atoms with Crippen LogP contribution in [0.2, 0.25) is 0 Å². The molecular weight excluding hydrogens is 188 g/mol. The molecule has 1 aromatic rings. The third-order valence-electron chi connectivity index (χ3n) is 3.40. The van der Waals surface area contributed by atoms with Gasteiger partial charge in [0.1, 0.15) is 5.75 Å². The van der Waals surface area contributed by atoms with Gasteiger partial charge in [0.25, 0.3) is 0 Å². The molecule has 1 saturated heterocycles. The van der Waals surface area contributed by atoms with Crippen LogP contribution in [-0.2, 0) is 4.74 Å². The van der Waals surface area contributed by atoms with E-state index in [0.717, 1.165) is 19.0 Å². The molecular formula is C13H16O2. The Morgan fingerprint density at radius 3 is 2.93 bits per heavy atom. The molecule has 2 nitrogen and oxygen atoms in total. The van der Waals surface area contributed by atoms with Crippen molar-refractivity contribution in [2.24, 2.45) is 0 Å². The lowest BCUT2D eigenvalue weighted by atomic mass is 9.91. The zero-order valence-corrected chi connectivity index (χ0v) is 8.82. The minimum Gasteiger partial charge on any atom is -0.493 e. The average Bonchev–Trinajstić information content (AvgIpc) is 2.74. The van der Waals surface area contributed by atoms with Crippen LogP contribution in [0.4, 0.5) is 0 Å². The maximum absolute atomic E-state index is 5.84. The molecule has 2 atom stereocenters. The fraction of sp³-hybridized carbons (Fsp3) is 0.538. The van der Waals surface area contributed by atoms with Gasteiger partial charge in [-0.15, -0.1) is 0 Å². The summed E-state index contributed by atoms with van der Waals surface area (Å²) >= 11 is 0. The Morgan fingerprint density at radius 1 is 1.13 bits per heavy atom. The lowest BCUT2D eigenvalue weighted by molar-refractivity contribution is -0.00448. The number of benzene rings is 1. The summed E-state index contributed by atoms with van der Waals surface area (Å²) in [5.74, 6) is 1.51. The van der Waals surface area contributed by atoms with Crippen LogP contribution in [0.15, 0.2) is 24.3 Å². The van der Waals surface area contributed by atoms with E-state index in [-0.39, 0.29) is 0 Å². The van der Waals surface area contributed by atoms with E-state index in [0.29, 0.717) is 12.0 Å². The first-order valence-corrected chi connectivity index (χ1v) is 5.78. The number of hydrogen-bond donors (Lipinski definition) is 0. The summed E-state index contributed by atoms with van der Waals surface area (Å²) in [6, 6.07) is 8.34. The number of ether oxygens (including phenoxy) is 2. The van der Waals surface area contributed by atoms with Gasteiger partial charge in [0.2, 0.25) is 0 Å². The van der Waals surface area contributed by atoms with Gasteiger partial charge in [-0.2, -0.15) is 0 Å². The van der Waals surface area contributed by atoms with Crippen LogP contribution in [-0.4, -0.2) is 19.3 Å². The molecule has 0 N–H and O–H groups in total. The second-order valence-electron chi connectivity index (χ2n) is 4.36. The van der Waals surface area contributed by atoms with Gasteiger partial charge in [-0.1, -0.05) is 18.2 Å². The first kappa shape index (κ1) is 9.22. The third-order valence-corrected chi connectivity index (χ3v) is 3.40. The molecule has 0 amide bonds. The van der Waals surface area contributed by atoms with Gasteiger partial charge in [0, 0.05) is 18.1 Å². The Hall–Kier alpha value is -1.02. The van der Waals surface area contributed by atoms with E-state index in [4.69, 9.17) is 9.47 Å². The molecule has 2 heterocycles. The highest BCUT2D eigenvalue weighted by atomic mass is 16.5. The Kier molecular flexibility index (Phi) is 2.37. The molecule has 3 rings (SSSR count). The van der Waals surface area contributed by atoms with Gasteiger partial charge in [0.15, 0.2) is 0 Å². The maximum atomic E-state index is 5.84. The smallest absolute Gasteiger partial charge is 0.123 e. The molecule has 0 spiro atoms. The van der Waals surface area contributed by atoms with E-state index >= 15 is 0 Å². The van der Waals surface area contributed by atoms with Crippen molar-refractivity contribution in [2.45, 2.75) is 31.3 Å². The zero-order chi connectivity index (χ0) is 10.1. The van der Waals surface area contributed by atoms with Crippen molar-refractivity contribution in [3.63, 3.8) is 0 Å². The predicted octanol–water partition coefficient (Wildman–Crippen LogP) is 2.73. The summed E-state index contributed by atoms with van der Waals surface area (Å²) in [5.41, 5.74) is 1.34. The zero-order valence-electron chi connectivity index (χ0n) is 8.82. The van der Waals surface area contributed by atoms with Crippen molar-refractivity contribution in [1.29, 1.82) is 0 Å². The Balaban J connectivity index is 1.83. The summed E-state index contributed by atoms with van der Waals surface area (Å²) in [7, 11) is 0. The first-order chi connectivity index (χ1) is 7.45. The molecule has 15 heavy (non-hydrogen) atoms. The monoisotopic (exact) mass is 204 g/mol. The quantitative estimate of drug-likeness (QED) is 0.700. The summed E-state index contributed by atoms with van der Waals surface area (Å²) in [6.07, 6.45) is 4.07. The van der Waals surface area contributed by atoms with E-state index in [1.165, 1.54) is 24.8 Å². The summed E-state index contributed by atoms with van der Waals surface area (Å²) in [5, 5.41) is 0. The molecule has 1 aromatic carbocycles. The van der Waals surface area contributed by atoms with Crippen molar-refractivity contribution >= 4 is 0 Å². The Morgan fingerprint density at radius 2 is 2.07 bits per heavy atom. The second-order valence-corrected chi connectivity index (χ2v) is 4.36. The van der Waals surface area contributed by atoms with Crippen molar-refractivity contribution in [1.82, 2.24) is 0 Å². The van der Waals surface area contributed by atoms with Crippen LogP contribution in [0.3, 0.4) is 0 Å². The number of para-hydroxylation sites is 1. The SMILES string of the molecule is c1ccc2c(c1)OCC2C1CCCCO1. The van der Waals surface area contributed by atoms with Gasteiger partial charge in [-0.05, 0) is 25.3 Å². The molecule has 2 aliphatic heterocycles. The van der Waals surface area contributed by atoms with E-state index in [2.05, 4.69) is 18.2 Å². The number of fused-ring (bicyclic) bond motifs is 1. The fourth-order valence-corrected chi connectivity index (χ4v) is 2.58. The molecule has 0 saturated carbocycles. The van der Waals surface area contributed by atoms with Gasteiger partial charge in [-0.25, -0.2) is 0 Å². The van der Waals surface area contributed by atoms with Crippen LogP contribution in [0.5, 0.6) is 5.75 Å². The van der Waals surface area contributed by atoms with Gasteiger partial charge >= 0.3 is 0 Å². The highest BCUT2D eigenvalue weighted by Gasteiger charge is 2.32. The van der Waals surface area contributed by atoms with Crippen LogP contribution < -0.4 is 4.74 Å². The molecule has 2 heteroatoms. The summed E-state index contributed by atoms with van der Waals surface area (Å²) in [6.45, 7) is 1.72. The highest BCUT2D eigenvalue weighted by molar-refractivity contribution is 5.40. The average molecular weight is 204 g/mol. The van der Waals surface area contributed by atoms with Crippen molar-refractivity contribution < 1.29 is 9.47 Å². The van der Waals surface area contributed by atoms with E-state index in [1.807, 2.05) is 6.07 Å². The summed E-state index contributed by atoms with van der Waals surface area (Å²) in [4.78, 5) is 0. The molecule has 2 aliphatic rings. The largest absolute Gasteiger partial charge is 0.493 e. The van der Waals surface area contributed by atoms with Gasteiger partial charge in [0.05, 0.1) is 12.7 Å². The Bertz CT molecular complexity index is 342. The fourth-order valence-electron chi connectivity index (χ4n) is 2.58. The lowest BCUT2D eigenvalue weighted by Crippen LogP contribution is -2.27. The van der Waals surface area contributed by atoms with Crippen molar-refractivity contribution in [3.05, 3.63) is 29.8 Å². The minimum atomic E-state index is 0.377. The van der Waals surface area contributed by atoms with Crippen molar-refractivity contribution in [2.75, 3.05) is 13.2 Å². The standard InChI is InChI=1S/C13H16O2/c1-2-6-12-10(5-1)11(9-15-12)13-7-3-4-8-14-13/h1-2,5-6,11,13H,3-4,7-9H2. The molecule has 0 aliphatic carbocycles. The van der Waals surface area contributed by atoms with E-state index < -0.39 is 0 Å². The molecule has 0 aromatic heterocycles. The lowest BCUT2D eigenvalue weighted by Gasteiger charge is -2.27. The predicted molar refractivity (Wildman–Crippen MR) is 58.3 cm³/mol. The van der Waals surface area contributed by atoms with Crippen LogP contribution in [0.25, 0.3) is 0 Å².